The first-order chi connectivity index (χ1) is 8.21. The van der Waals surface area contributed by atoms with Gasteiger partial charge in [0.1, 0.15) is 0 Å². The Balaban J connectivity index is 2.01. The topological polar surface area (TPSA) is 29.1 Å². The molecule has 1 heterocycles. The molecule has 1 aromatic rings. The van der Waals surface area contributed by atoms with Gasteiger partial charge in [0.15, 0.2) is 0 Å². The summed E-state index contributed by atoms with van der Waals surface area (Å²) in [4.78, 5) is 13.6. The molecule has 1 saturated carbocycles. The summed E-state index contributed by atoms with van der Waals surface area (Å²) in [6.45, 7) is 2.12. The molecule has 3 heteroatoms. The molecular formula is C14H17NOS. The van der Waals surface area contributed by atoms with Gasteiger partial charge in [0.25, 0.3) is 0 Å². The molecular weight excluding hydrogens is 230 g/mol. The van der Waals surface area contributed by atoms with E-state index in [1.54, 1.807) is 11.8 Å². The Kier molecular flexibility index (Phi) is 2.66. The Labute approximate surface area is 106 Å². The Morgan fingerprint density at radius 1 is 1.24 bits per heavy atom. The molecule has 1 aliphatic heterocycles. The number of benzene rings is 1. The second-order valence-electron chi connectivity index (χ2n) is 5.06. The highest BCUT2D eigenvalue weighted by Gasteiger charge is 2.44. The lowest BCUT2D eigenvalue weighted by Gasteiger charge is -2.39. The van der Waals surface area contributed by atoms with Gasteiger partial charge in [-0.1, -0.05) is 31.4 Å². The van der Waals surface area contributed by atoms with Crippen LogP contribution < -0.4 is 5.32 Å². The first kappa shape index (κ1) is 11.1. The monoisotopic (exact) mass is 247 g/mol. The van der Waals surface area contributed by atoms with Gasteiger partial charge in [-0.25, -0.2) is 0 Å². The van der Waals surface area contributed by atoms with E-state index in [4.69, 9.17) is 0 Å². The van der Waals surface area contributed by atoms with Crippen LogP contribution in [-0.4, -0.2) is 10.7 Å². The molecule has 1 aromatic carbocycles. The molecule has 1 aliphatic carbocycles. The number of amides is 1. The first-order valence-corrected chi connectivity index (χ1v) is 7.13. The lowest BCUT2D eigenvalue weighted by Crippen LogP contribution is -2.44. The molecule has 2 nitrogen and oxygen atoms in total. The Bertz CT molecular complexity index is 463. The van der Waals surface area contributed by atoms with Gasteiger partial charge in [-0.15, -0.1) is 11.8 Å². The highest BCUT2D eigenvalue weighted by atomic mass is 32.2. The van der Waals surface area contributed by atoms with E-state index in [0.29, 0.717) is 0 Å². The van der Waals surface area contributed by atoms with Gasteiger partial charge >= 0.3 is 0 Å². The van der Waals surface area contributed by atoms with Crippen LogP contribution in [0.3, 0.4) is 0 Å². The van der Waals surface area contributed by atoms with E-state index in [0.717, 1.165) is 18.5 Å². The van der Waals surface area contributed by atoms with E-state index < -0.39 is 0 Å². The molecule has 0 saturated heterocycles. The van der Waals surface area contributed by atoms with Gasteiger partial charge in [-0.2, -0.15) is 0 Å². The van der Waals surface area contributed by atoms with Crippen LogP contribution in [-0.2, 0) is 4.79 Å². The van der Waals surface area contributed by atoms with Gasteiger partial charge in [0.2, 0.25) is 5.91 Å². The summed E-state index contributed by atoms with van der Waals surface area (Å²) in [6.07, 6.45) is 5.69. The minimum absolute atomic E-state index is 0.183. The smallest absolute Gasteiger partial charge is 0.241 e. The Morgan fingerprint density at radius 2 is 2.00 bits per heavy atom. The van der Waals surface area contributed by atoms with Crippen LogP contribution in [0.1, 0.15) is 37.7 Å². The SMILES string of the molecule is Cc1cccc2c1SC1(CCCCC1)C(=O)N2. The maximum atomic E-state index is 12.3. The fourth-order valence-electron chi connectivity index (χ4n) is 2.82. The molecule has 3 rings (SSSR count). The second kappa shape index (κ2) is 4.05. The van der Waals surface area contributed by atoms with Crippen LogP contribution in [0.5, 0.6) is 0 Å². The number of aryl methyl sites for hydroxylation is 1. The van der Waals surface area contributed by atoms with Crippen molar-refractivity contribution in [3.05, 3.63) is 23.8 Å². The van der Waals surface area contributed by atoms with E-state index in [2.05, 4.69) is 18.3 Å². The van der Waals surface area contributed by atoms with E-state index >= 15 is 0 Å². The number of carbonyl (C=O) groups is 1. The second-order valence-corrected chi connectivity index (χ2v) is 6.46. The molecule has 1 amide bonds. The number of nitrogens with one attached hydrogen (secondary N) is 1. The number of thioether (sulfide) groups is 1. The summed E-state index contributed by atoms with van der Waals surface area (Å²) < 4.78 is -0.183. The fraction of sp³-hybridized carbons (Fsp3) is 0.500. The molecule has 1 N–H and O–H groups in total. The lowest BCUT2D eigenvalue weighted by molar-refractivity contribution is -0.119. The number of anilines is 1. The average Bonchev–Trinajstić information content (AvgIpc) is 2.34. The highest BCUT2D eigenvalue weighted by Crippen LogP contribution is 2.50. The van der Waals surface area contributed by atoms with Gasteiger partial charge < -0.3 is 5.32 Å². The molecule has 1 spiro atoms. The van der Waals surface area contributed by atoms with E-state index in [-0.39, 0.29) is 10.7 Å². The van der Waals surface area contributed by atoms with Crippen LogP contribution in [0.4, 0.5) is 5.69 Å². The van der Waals surface area contributed by atoms with Gasteiger partial charge in [-0.3, -0.25) is 4.79 Å². The normalized spacial score (nSPS) is 22.1. The lowest BCUT2D eigenvalue weighted by atomic mass is 9.87. The minimum Gasteiger partial charge on any atom is -0.324 e. The molecule has 0 atom stereocenters. The third kappa shape index (κ3) is 1.77. The molecule has 0 radical (unpaired) electrons. The minimum atomic E-state index is -0.183. The standard InChI is InChI=1S/C14H17NOS/c1-10-6-5-7-11-12(10)17-14(13(16)15-11)8-3-2-4-9-14/h5-7H,2-4,8-9H2,1H3,(H,15,16). The third-order valence-electron chi connectivity index (χ3n) is 3.83. The van der Waals surface area contributed by atoms with Crippen molar-refractivity contribution in [2.75, 3.05) is 5.32 Å². The van der Waals surface area contributed by atoms with Gasteiger partial charge in [0.05, 0.1) is 10.4 Å². The van der Waals surface area contributed by atoms with Gasteiger partial charge in [-0.05, 0) is 31.4 Å². The van der Waals surface area contributed by atoms with Crippen LogP contribution >= 0.6 is 11.8 Å². The summed E-state index contributed by atoms with van der Waals surface area (Å²) in [5.41, 5.74) is 2.27. The van der Waals surface area contributed by atoms with E-state index in [1.165, 1.54) is 29.7 Å². The van der Waals surface area contributed by atoms with Crippen molar-refractivity contribution < 1.29 is 4.79 Å². The van der Waals surface area contributed by atoms with Crippen molar-refractivity contribution >= 4 is 23.4 Å². The van der Waals surface area contributed by atoms with Crippen molar-refractivity contribution in [3.63, 3.8) is 0 Å². The predicted molar refractivity (Wildman–Crippen MR) is 71.5 cm³/mol. The summed E-state index contributed by atoms with van der Waals surface area (Å²) in [6, 6.07) is 6.14. The molecule has 0 bridgehead atoms. The number of hydrogen-bond donors (Lipinski definition) is 1. The number of carbonyl (C=O) groups excluding carboxylic acids is 1. The van der Waals surface area contributed by atoms with Crippen molar-refractivity contribution in [3.8, 4) is 0 Å². The summed E-state index contributed by atoms with van der Waals surface area (Å²) in [7, 11) is 0. The quantitative estimate of drug-likeness (QED) is 0.756. The van der Waals surface area contributed by atoms with Crippen molar-refractivity contribution in [2.24, 2.45) is 0 Å². The maximum Gasteiger partial charge on any atom is 0.241 e. The summed E-state index contributed by atoms with van der Waals surface area (Å²) >= 11 is 1.80. The largest absolute Gasteiger partial charge is 0.324 e. The highest BCUT2D eigenvalue weighted by molar-refractivity contribution is 8.01. The zero-order chi connectivity index (χ0) is 11.9. The molecule has 0 unspecified atom stereocenters. The molecule has 0 aromatic heterocycles. The molecule has 17 heavy (non-hydrogen) atoms. The van der Waals surface area contributed by atoms with Crippen LogP contribution in [0.25, 0.3) is 0 Å². The number of fused-ring (bicyclic) bond motifs is 1. The molecule has 2 aliphatic rings. The number of hydrogen-bond acceptors (Lipinski definition) is 2. The summed E-state index contributed by atoms with van der Waals surface area (Å²) in [5.74, 6) is 0.223. The average molecular weight is 247 g/mol. The fourth-order valence-corrected chi connectivity index (χ4v) is 4.30. The zero-order valence-electron chi connectivity index (χ0n) is 10.1. The van der Waals surface area contributed by atoms with Gasteiger partial charge in [0, 0.05) is 4.90 Å². The van der Waals surface area contributed by atoms with E-state index in [1.807, 2.05) is 12.1 Å². The predicted octanol–water partition coefficient (Wildman–Crippen LogP) is 3.74. The van der Waals surface area contributed by atoms with E-state index in [9.17, 15) is 4.79 Å². The first-order valence-electron chi connectivity index (χ1n) is 6.31. The third-order valence-corrected chi connectivity index (χ3v) is 5.56. The Hall–Kier alpha value is -0.960. The maximum absolute atomic E-state index is 12.3. The summed E-state index contributed by atoms with van der Waals surface area (Å²) in [5, 5.41) is 3.10. The Morgan fingerprint density at radius 3 is 2.76 bits per heavy atom. The van der Waals surface area contributed by atoms with Crippen molar-refractivity contribution in [1.82, 2.24) is 0 Å². The van der Waals surface area contributed by atoms with Crippen molar-refractivity contribution in [1.29, 1.82) is 0 Å². The van der Waals surface area contributed by atoms with Crippen molar-refractivity contribution in [2.45, 2.75) is 48.7 Å². The van der Waals surface area contributed by atoms with Crippen LogP contribution in [0.2, 0.25) is 0 Å². The van der Waals surface area contributed by atoms with Crippen LogP contribution in [0, 0.1) is 6.92 Å². The zero-order valence-corrected chi connectivity index (χ0v) is 10.9. The van der Waals surface area contributed by atoms with Crippen LogP contribution in [0.15, 0.2) is 23.1 Å². The number of rotatable bonds is 0. The molecule has 90 valence electrons. The molecule has 1 fully saturated rings.